The average molecular weight is 403 g/mol. The molecule has 1 fully saturated rings. The Kier molecular flexibility index (Phi) is 5.27. The highest BCUT2D eigenvalue weighted by atomic mass is 35.5. The lowest BCUT2D eigenvalue weighted by Crippen LogP contribution is -2.32. The van der Waals surface area contributed by atoms with Gasteiger partial charge in [-0.2, -0.15) is 14.6 Å². The van der Waals surface area contributed by atoms with E-state index in [2.05, 4.69) is 25.1 Å². The lowest BCUT2D eigenvalue weighted by molar-refractivity contribution is 0.1000. The van der Waals surface area contributed by atoms with Crippen molar-refractivity contribution in [3.63, 3.8) is 0 Å². The smallest absolute Gasteiger partial charge is 0.294 e. The Morgan fingerprint density at radius 3 is 2.71 bits per heavy atom. The molecule has 1 saturated heterocycles. The van der Waals surface area contributed by atoms with Crippen LogP contribution in [0.25, 0.3) is 11.0 Å². The maximum Gasteiger partial charge on any atom is 0.294 e. The fourth-order valence-corrected chi connectivity index (χ4v) is 3.70. The number of fused-ring (bicyclic) bond motifs is 1. The zero-order valence-corrected chi connectivity index (χ0v) is 16.8. The predicted molar refractivity (Wildman–Crippen MR) is 106 cm³/mol. The maximum atomic E-state index is 12.7. The minimum Gasteiger partial charge on any atom is -0.301 e. The van der Waals surface area contributed by atoms with Gasteiger partial charge in [-0.1, -0.05) is 6.42 Å². The third-order valence-electron chi connectivity index (χ3n) is 5.19. The minimum atomic E-state index is -0.438. The van der Waals surface area contributed by atoms with Gasteiger partial charge >= 0.3 is 0 Å². The van der Waals surface area contributed by atoms with Gasteiger partial charge in [0.1, 0.15) is 6.33 Å². The highest BCUT2D eigenvalue weighted by Crippen LogP contribution is 2.25. The van der Waals surface area contributed by atoms with E-state index in [1.54, 1.807) is 24.0 Å². The van der Waals surface area contributed by atoms with Crippen LogP contribution < -0.4 is 4.42 Å². The number of piperidine rings is 1. The van der Waals surface area contributed by atoms with E-state index in [1.807, 2.05) is 11.6 Å². The van der Waals surface area contributed by atoms with Gasteiger partial charge < -0.3 is 4.90 Å². The highest BCUT2D eigenvalue weighted by molar-refractivity contribution is 6.39. The quantitative estimate of drug-likeness (QED) is 0.608. The highest BCUT2D eigenvalue weighted by Gasteiger charge is 2.24. The van der Waals surface area contributed by atoms with Crippen molar-refractivity contribution in [2.45, 2.75) is 32.7 Å². The topological polar surface area (TPSA) is 85.0 Å². The van der Waals surface area contributed by atoms with Crippen LogP contribution in [0, 0.1) is 6.92 Å². The van der Waals surface area contributed by atoms with Crippen molar-refractivity contribution in [3.8, 4) is 0 Å². The van der Waals surface area contributed by atoms with Crippen LogP contribution in [0.4, 0.5) is 5.82 Å². The zero-order chi connectivity index (χ0) is 19.7. The molecule has 0 atom stereocenters. The van der Waals surface area contributed by atoms with Crippen LogP contribution in [0.3, 0.4) is 0 Å². The number of carbonyl (C=O) groups is 1. The molecule has 28 heavy (non-hydrogen) atoms. The van der Waals surface area contributed by atoms with E-state index in [1.165, 1.54) is 25.6 Å². The predicted octanol–water partition coefficient (Wildman–Crippen LogP) is 2.15. The van der Waals surface area contributed by atoms with Crippen LogP contribution in [0.2, 0.25) is 0 Å². The molecule has 3 aromatic heterocycles. The molecule has 0 radical (unpaired) electrons. The van der Waals surface area contributed by atoms with E-state index in [4.69, 9.17) is 11.8 Å². The monoisotopic (exact) mass is 402 g/mol. The molecule has 4 heterocycles. The number of anilines is 1. The number of aryl methyl sites for hydroxylation is 2. The molecule has 0 spiro atoms. The van der Waals surface area contributed by atoms with Crippen LogP contribution in [0.15, 0.2) is 18.6 Å². The van der Waals surface area contributed by atoms with Crippen LogP contribution in [0.5, 0.6) is 0 Å². The molecule has 0 N–H and O–H groups in total. The molecule has 0 saturated carbocycles. The summed E-state index contributed by atoms with van der Waals surface area (Å²) in [6.45, 7) is 5.79. The standard InChI is InChI=1S/C18H23ClN8O/c1-13-10-15(23-24(13)2)18(28)27(19)17-14-11-22-26(16(14)20-12-21-17)9-8-25-6-4-3-5-7-25/h10-12H,3-9H2,1-2H3. The van der Waals surface area contributed by atoms with E-state index < -0.39 is 5.91 Å². The summed E-state index contributed by atoms with van der Waals surface area (Å²) >= 11 is 6.34. The van der Waals surface area contributed by atoms with Crippen molar-refractivity contribution in [1.29, 1.82) is 0 Å². The van der Waals surface area contributed by atoms with Gasteiger partial charge in [0.2, 0.25) is 0 Å². The van der Waals surface area contributed by atoms with Crippen molar-refractivity contribution < 1.29 is 4.79 Å². The number of halogens is 1. The largest absolute Gasteiger partial charge is 0.301 e. The van der Waals surface area contributed by atoms with Gasteiger partial charge in [-0.05, 0) is 38.9 Å². The summed E-state index contributed by atoms with van der Waals surface area (Å²) in [7, 11) is 1.78. The van der Waals surface area contributed by atoms with Gasteiger partial charge in [0.25, 0.3) is 5.91 Å². The normalized spacial score (nSPS) is 15.2. The lowest BCUT2D eigenvalue weighted by Gasteiger charge is -2.26. The van der Waals surface area contributed by atoms with Crippen LogP contribution >= 0.6 is 11.8 Å². The molecule has 0 aliphatic carbocycles. The zero-order valence-electron chi connectivity index (χ0n) is 16.0. The van der Waals surface area contributed by atoms with Gasteiger partial charge in [-0.3, -0.25) is 9.48 Å². The van der Waals surface area contributed by atoms with Gasteiger partial charge in [-0.15, -0.1) is 0 Å². The van der Waals surface area contributed by atoms with Crippen molar-refractivity contribution in [3.05, 3.63) is 30.0 Å². The second-order valence-corrected chi connectivity index (χ2v) is 7.42. The molecular weight excluding hydrogens is 380 g/mol. The van der Waals surface area contributed by atoms with Gasteiger partial charge in [0.15, 0.2) is 17.2 Å². The Balaban J connectivity index is 1.56. The summed E-state index contributed by atoms with van der Waals surface area (Å²) in [5, 5.41) is 9.27. The number of amides is 1. The second-order valence-electron chi connectivity index (χ2n) is 7.09. The summed E-state index contributed by atoms with van der Waals surface area (Å²) in [5.41, 5.74) is 1.80. The molecule has 3 aromatic rings. The van der Waals surface area contributed by atoms with Gasteiger partial charge in [0, 0.05) is 31.1 Å². The van der Waals surface area contributed by atoms with Gasteiger partial charge in [-0.25, -0.2) is 14.6 Å². The third-order valence-corrected chi connectivity index (χ3v) is 5.50. The van der Waals surface area contributed by atoms with Crippen molar-refractivity contribution in [2.24, 2.45) is 7.05 Å². The molecular formula is C18H23ClN8O. The van der Waals surface area contributed by atoms with Crippen molar-refractivity contribution >= 4 is 34.5 Å². The molecule has 0 aromatic carbocycles. The first-order chi connectivity index (χ1) is 13.5. The average Bonchev–Trinajstić information content (AvgIpc) is 3.29. The number of aromatic nitrogens is 6. The first-order valence-corrected chi connectivity index (χ1v) is 9.78. The van der Waals surface area contributed by atoms with E-state index in [-0.39, 0.29) is 5.69 Å². The van der Waals surface area contributed by atoms with Crippen molar-refractivity contribution in [2.75, 3.05) is 24.1 Å². The fourth-order valence-electron chi connectivity index (χ4n) is 3.48. The molecule has 1 amide bonds. The van der Waals surface area contributed by atoms with E-state index in [0.717, 1.165) is 36.3 Å². The molecule has 4 rings (SSSR count). The molecule has 9 nitrogen and oxygen atoms in total. The second kappa shape index (κ2) is 7.84. The Morgan fingerprint density at radius 2 is 2.00 bits per heavy atom. The van der Waals surface area contributed by atoms with Crippen LogP contribution in [0.1, 0.15) is 35.4 Å². The SMILES string of the molecule is Cc1cc(C(=O)N(Cl)c2ncnc3c2cnn3CCN2CCCCC2)nn1C. The lowest BCUT2D eigenvalue weighted by atomic mass is 10.1. The van der Waals surface area contributed by atoms with E-state index in [9.17, 15) is 4.79 Å². The van der Waals surface area contributed by atoms with E-state index in [0.29, 0.717) is 16.9 Å². The molecule has 10 heteroatoms. The molecule has 148 valence electrons. The molecule has 0 unspecified atom stereocenters. The Labute approximate surface area is 168 Å². The number of carbonyl (C=O) groups excluding carboxylic acids is 1. The molecule has 0 bridgehead atoms. The fraction of sp³-hybridized carbons (Fsp3) is 0.500. The number of rotatable bonds is 5. The summed E-state index contributed by atoms with van der Waals surface area (Å²) in [6, 6.07) is 1.69. The van der Waals surface area contributed by atoms with Crippen molar-refractivity contribution in [1.82, 2.24) is 34.4 Å². The number of hydrogen-bond donors (Lipinski definition) is 0. The minimum absolute atomic E-state index is 0.263. The Bertz CT molecular complexity index is 971. The van der Waals surface area contributed by atoms with Gasteiger partial charge in [0.05, 0.1) is 18.1 Å². The summed E-state index contributed by atoms with van der Waals surface area (Å²) in [4.78, 5) is 23.7. The first kappa shape index (κ1) is 18.8. The van der Waals surface area contributed by atoms with Crippen LogP contribution in [-0.2, 0) is 13.6 Å². The summed E-state index contributed by atoms with van der Waals surface area (Å²) < 4.78 is 4.46. The third kappa shape index (κ3) is 3.59. The summed E-state index contributed by atoms with van der Waals surface area (Å²) in [5.74, 6) is -0.129. The molecule has 1 aliphatic heterocycles. The number of hydrogen-bond acceptors (Lipinski definition) is 6. The first-order valence-electron chi connectivity index (χ1n) is 9.44. The summed E-state index contributed by atoms with van der Waals surface area (Å²) in [6.07, 6.45) is 6.88. The Morgan fingerprint density at radius 1 is 1.21 bits per heavy atom. The van der Waals surface area contributed by atoms with E-state index >= 15 is 0 Å². The number of nitrogens with zero attached hydrogens (tertiary/aromatic N) is 8. The Hall–Kier alpha value is -2.52. The molecule has 1 aliphatic rings. The maximum absolute atomic E-state index is 12.7. The number of likely N-dealkylation sites (tertiary alicyclic amines) is 1. The van der Waals surface area contributed by atoms with Crippen LogP contribution in [-0.4, -0.2) is 60.0 Å².